The van der Waals surface area contributed by atoms with Gasteiger partial charge in [-0.1, -0.05) is 0 Å². The van der Waals surface area contributed by atoms with Crippen LogP contribution in [-0.2, 0) is 19.6 Å². The lowest BCUT2D eigenvalue weighted by Crippen LogP contribution is -2.52. The van der Waals surface area contributed by atoms with Crippen LogP contribution in [0.2, 0.25) is 0 Å². The van der Waals surface area contributed by atoms with Gasteiger partial charge in [0.25, 0.3) is 11.8 Å². The molecule has 2 atom stereocenters. The summed E-state index contributed by atoms with van der Waals surface area (Å²) in [5.74, 6) is 0.638. The number of rotatable bonds is 6. The predicted octanol–water partition coefficient (Wildman–Crippen LogP) is 0.863. The number of likely N-dealkylation sites (N-methyl/N-ethyl adjacent to an activating group) is 1. The molecule has 13 heteroatoms. The zero-order valence-corrected chi connectivity index (χ0v) is 20.2. The second-order valence-corrected chi connectivity index (χ2v) is 10.8. The second-order valence-electron chi connectivity index (χ2n) is 9.15. The highest BCUT2D eigenvalue weighted by atomic mass is 32.2. The fourth-order valence-corrected chi connectivity index (χ4v) is 5.61. The molecule has 0 spiro atoms. The number of amides is 1. The molecule has 3 aromatic heterocycles. The quantitative estimate of drug-likeness (QED) is 0.515. The second kappa shape index (κ2) is 8.03. The summed E-state index contributed by atoms with van der Waals surface area (Å²) in [6, 6.07) is 1.62. The van der Waals surface area contributed by atoms with Crippen LogP contribution in [0.4, 0.5) is 5.69 Å². The van der Waals surface area contributed by atoms with E-state index in [4.69, 9.17) is 9.15 Å². The highest BCUT2D eigenvalue weighted by molar-refractivity contribution is 7.89. The van der Waals surface area contributed by atoms with Crippen LogP contribution in [0, 0.1) is 6.92 Å². The number of hydrogen-bond donors (Lipinski definition) is 2. The Balaban J connectivity index is 1.65. The molecule has 1 aliphatic carbocycles. The van der Waals surface area contributed by atoms with Crippen LogP contribution in [0.15, 0.2) is 27.8 Å². The van der Waals surface area contributed by atoms with Crippen molar-refractivity contribution >= 4 is 27.1 Å². The van der Waals surface area contributed by atoms with Crippen molar-refractivity contribution in [3.05, 3.63) is 24.4 Å². The van der Waals surface area contributed by atoms with Crippen molar-refractivity contribution in [1.29, 1.82) is 0 Å². The first-order chi connectivity index (χ1) is 16.1. The van der Waals surface area contributed by atoms with Gasteiger partial charge in [-0.25, -0.2) is 18.1 Å². The number of nitrogens with one attached hydrogen (secondary N) is 2. The Morgan fingerprint density at radius 1 is 1.26 bits per heavy atom. The van der Waals surface area contributed by atoms with Gasteiger partial charge in [-0.05, 0) is 32.8 Å². The van der Waals surface area contributed by atoms with E-state index in [-0.39, 0.29) is 29.3 Å². The normalized spacial score (nSPS) is 22.2. The van der Waals surface area contributed by atoms with E-state index >= 15 is 0 Å². The van der Waals surface area contributed by atoms with Gasteiger partial charge < -0.3 is 19.4 Å². The third-order valence-electron chi connectivity index (χ3n) is 6.14. The number of aromatic nitrogens is 4. The van der Waals surface area contributed by atoms with E-state index in [9.17, 15) is 13.2 Å². The maximum Gasteiger partial charge on any atom is 0.284 e. The number of pyridine rings is 1. The van der Waals surface area contributed by atoms with E-state index in [2.05, 4.69) is 25.2 Å². The minimum Gasteiger partial charge on any atom is -0.419 e. The zero-order chi connectivity index (χ0) is 24.3. The van der Waals surface area contributed by atoms with E-state index in [1.165, 1.54) is 6.20 Å². The summed E-state index contributed by atoms with van der Waals surface area (Å²) in [5, 5.41) is 10.5. The Hall–Kier alpha value is -3.03. The molecule has 1 saturated carbocycles. The molecular formula is C21H27N7O5S. The number of fused-ring (bicyclic) bond motifs is 1. The molecule has 2 fully saturated rings. The first-order valence-electron chi connectivity index (χ1n) is 11.1. The molecule has 0 bridgehead atoms. The average Bonchev–Trinajstić information content (AvgIpc) is 3.16. The molecule has 0 radical (unpaired) electrons. The fraction of sp³-hybridized carbons (Fsp3) is 0.524. The molecule has 12 nitrogen and oxygen atoms in total. The van der Waals surface area contributed by atoms with E-state index in [0.29, 0.717) is 29.5 Å². The molecule has 1 amide bonds. The monoisotopic (exact) mass is 489 g/mol. The Morgan fingerprint density at radius 2 is 2.03 bits per heavy atom. The molecule has 2 aliphatic rings. The van der Waals surface area contributed by atoms with Gasteiger partial charge in [0.05, 0.1) is 30.0 Å². The van der Waals surface area contributed by atoms with Crippen molar-refractivity contribution in [1.82, 2.24) is 29.6 Å². The molecule has 3 aromatic rings. The van der Waals surface area contributed by atoms with Gasteiger partial charge in [0.2, 0.25) is 21.7 Å². The Bertz CT molecular complexity index is 1360. The molecule has 0 unspecified atom stereocenters. The van der Waals surface area contributed by atoms with E-state index in [1.807, 2.05) is 18.7 Å². The van der Waals surface area contributed by atoms with Gasteiger partial charge in [0.15, 0.2) is 6.10 Å². The van der Waals surface area contributed by atoms with Crippen LogP contribution >= 0.6 is 0 Å². The molecule has 5 rings (SSSR count). The average molecular weight is 490 g/mol. The summed E-state index contributed by atoms with van der Waals surface area (Å²) >= 11 is 0. The number of aryl methyl sites for hydroxylation is 1. The van der Waals surface area contributed by atoms with Crippen molar-refractivity contribution in [3.8, 4) is 11.7 Å². The number of morpholine rings is 1. The molecule has 1 saturated heterocycles. The van der Waals surface area contributed by atoms with Crippen molar-refractivity contribution in [2.75, 3.05) is 25.0 Å². The lowest BCUT2D eigenvalue weighted by Gasteiger charge is -2.37. The Kier molecular flexibility index (Phi) is 5.37. The van der Waals surface area contributed by atoms with E-state index in [1.54, 1.807) is 30.6 Å². The van der Waals surface area contributed by atoms with Gasteiger partial charge in [-0.3, -0.25) is 9.20 Å². The largest absolute Gasteiger partial charge is 0.419 e. The van der Waals surface area contributed by atoms with Crippen LogP contribution in [0.25, 0.3) is 17.2 Å². The Labute approximate surface area is 196 Å². The number of sulfonamides is 1. The van der Waals surface area contributed by atoms with Crippen LogP contribution < -0.4 is 14.9 Å². The molecule has 1 aliphatic heterocycles. The molecule has 4 heterocycles. The lowest BCUT2D eigenvalue weighted by molar-refractivity contribution is -0.136. The summed E-state index contributed by atoms with van der Waals surface area (Å²) < 4.78 is 42.4. The summed E-state index contributed by atoms with van der Waals surface area (Å²) in [6.45, 7) is 6.15. The van der Waals surface area contributed by atoms with Crippen molar-refractivity contribution in [2.24, 2.45) is 0 Å². The first kappa shape index (κ1) is 22.7. The van der Waals surface area contributed by atoms with Gasteiger partial charge in [-0.2, -0.15) is 0 Å². The maximum absolute atomic E-state index is 13.3. The number of imidazole rings is 1. The SMILES string of the molecule is CNC(=O)[C@H]1CN(c2cc(S(=O)(=O)NC3(C)CC3)cn3c(-c4nnc(C)o4)ncc23)C[C@H](C)O1. The maximum atomic E-state index is 13.3. The van der Waals surface area contributed by atoms with Crippen LogP contribution in [0.5, 0.6) is 0 Å². The standard InChI is InChI=1S/C21H27N7O5S/c1-12-9-27(11-17(32-12)19(29)22-4)15-7-14(34(30,31)26-21(3)5-6-21)10-28-16(15)8-23-18(28)20-25-24-13(2)33-20/h7-8,10,12,17,26H,5-6,9,11H2,1-4H3,(H,22,29)/t12-,17+/m0/s1. The summed E-state index contributed by atoms with van der Waals surface area (Å²) in [4.78, 5) is 18.8. The lowest BCUT2D eigenvalue weighted by atomic mass is 10.1. The third-order valence-corrected chi connectivity index (χ3v) is 7.75. The fourth-order valence-electron chi connectivity index (χ4n) is 4.13. The smallest absolute Gasteiger partial charge is 0.284 e. The first-order valence-corrected chi connectivity index (χ1v) is 12.5. The van der Waals surface area contributed by atoms with Gasteiger partial charge in [0, 0.05) is 32.3 Å². The highest BCUT2D eigenvalue weighted by Gasteiger charge is 2.42. The third kappa shape index (κ3) is 4.14. The number of nitrogens with zero attached hydrogens (tertiary/aromatic N) is 5. The zero-order valence-electron chi connectivity index (χ0n) is 19.4. The molecule has 34 heavy (non-hydrogen) atoms. The molecule has 0 aromatic carbocycles. The van der Waals surface area contributed by atoms with Crippen LogP contribution in [-0.4, -0.2) is 71.8 Å². The summed E-state index contributed by atoms with van der Waals surface area (Å²) in [6.07, 6.45) is 3.76. The van der Waals surface area contributed by atoms with Gasteiger partial charge >= 0.3 is 0 Å². The minimum atomic E-state index is -3.83. The van der Waals surface area contributed by atoms with Crippen LogP contribution in [0.1, 0.15) is 32.6 Å². The minimum absolute atomic E-state index is 0.0780. The van der Waals surface area contributed by atoms with E-state index < -0.39 is 21.7 Å². The van der Waals surface area contributed by atoms with Gasteiger partial charge in [-0.15, -0.1) is 10.2 Å². The molecule has 2 N–H and O–H groups in total. The van der Waals surface area contributed by atoms with E-state index in [0.717, 1.165) is 12.8 Å². The topological polar surface area (TPSA) is 144 Å². The molecule has 182 valence electrons. The van der Waals surface area contributed by atoms with Crippen molar-refractivity contribution in [2.45, 2.75) is 56.3 Å². The number of ether oxygens (including phenoxy) is 1. The van der Waals surface area contributed by atoms with Crippen molar-refractivity contribution in [3.63, 3.8) is 0 Å². The van der Waals surface area contributed by atoms with Crippen LogP contribution in [0.3, 0.4) is 0 Å². The number of carbonyl (C=O) groups is 1. The number of anilines is 1. The highest BCUT2D eigenvalue weighted by Crippen LogP contribution is 2.37. The summed E-state index contributed by atoms with van der Waals surface area (Å²) in [5.41, 5.74) is 0.822. The van der Waals surface area contributed by atoms with Crippen molar-refractivity contribution < 1.29 is 22.4 Å². The number of hydrogen-bond acceptors (Lipinski definition) is 9. The molecular weight excluding hydrogens is 462 g/mol. The predicted molar refractivity (Wildman–Crippen MR) is 122 cm³/mol. The number of carbonyl (C=O) groups excluding carboxylic acids is 1. The Morgan fingerprint density at radius 3 is 2.68 bits per heavy atom. The van der Waals surface area contributed by atoms with Gasteiger partial charge in [0.1, 0.15) is 4.90 Å². The summed E-state index contributed by atoms with van der Waals surface area (Å²) in [7, 11) is -2.27.